The summed E-state index contributed by atoms with van der Waals surface area (Å²) in [6.07, 6.45) is 3.58. The van der Waals surface area contributed by atoms with Gasteiger partial charge in [-0.2, -0.15) is 0 Å². The van der Waals surface area contributed by atoms with Crippen LogP contribution in [-0.2, 0) is 22.4 Å². The zero-order valence-corrected chi connectivity index (χ0v) is 17.0. The Balaban J connectivity index is 1.55. The van der Waals surface area contributed by atoms with Crippen molar-refractivity contribution in [1.82, 2.24) is 10.3 Å². The van der Waals surface area contributed by atoms with Crippen molar-refractivity contribution >= 4 is 17.7 Å². The molecule has 1 aliphatic carbocycles. The number of hydrogen-bond acceptors (Lipinski definition) is 6. The van der Waals surface area contributed by atoms with Gasteiger partial charge in [-0.25, -0.2) is 9.78 Å². The lowest BCUT2D eigenvalue weighted by Crippen LogP contribution is -2.69. The minimum absolute atomic E-state index is 0.172. The third kappa shape index (κ3) is 3.48. The number of piperidine rings is 1. The maximum absolute atomic E-state index is 11.8. The number of carboxylic acid groups (broad SMARTS) is 1. The van der Waals surface area contributed by atoms with E-state index in [9.17, 15) is 19.8 Å². The van der Waals surface area contributed by atoms with Crippen LogP contribution in [0.1, 0.15) is 61.1 Å². The van der Waals surface area contributed by atoms with Crippen molar-refractivity contribution in [2.45, 2.75) is 69.6 Å². The van der Waals surface area contributed by atoms with Gasteiger partial charge in [-0.3, -0.25) is 4.79 Å². The molecule has 0 radical (unpaired) electrons. The van der Waals surface area contributed by atoms with Crippen LogP contribution in [0.5, 0.6) is 0 Å². The molecule has 3 N–H and O–H groups in total. The van der Waals surface area contributed by atoms with Gasteiger partial charge in [0.2, 0.25) is 5.91 Å². The number of carboxylic acids is 1. The second-order valence-corrected chi connectivity index (χ2v) is 8.78. The third-order valence-corrected chi connectivity index (χ3v) is 6.74. The molecule has 2 atom stereocenters. The molecule has 8 heteroatoms. The molecule has 1 aromatic rings. The number of rotatable bonds is 3. The lowest BCUT2D eigenvalue weighted by Gasteiger charge is -2.53. The summed E-state index contributed by atoms with van der Waals surface area (Å²) in [6.45, 7) is 4.86. The number of anilines is 1. The fourth-order valence-corrected chi connectivity index (χ4v) is 5.17. The van der Waals surface area contributed by atoms with Gasteiger partial charge < -0.3 is 25.2 Å². The Morgan fingerprint density at radius 2 is 2.00 bits per heavy atom. The molecule has 29 heavy (non-hydrogen) atoms. The van der Waals surface area contributed by atoms with Crippen molar-refractivity contribution in [3.63, 3.8) is 0 Å². The molecule has 2 aliphatic heterocycles. The Hall–Kier alpha value is -2.19. The monoisotopic (exact) mass is 403 g/mol. The molecular weight excluding hydrogens is 374 g/mol. The van der Waals surface area contributed by atoms with Gasteiger partial charge in [0.25, 0.3) is 0 Å². The molecule has 1 aromatic heterocycles. The number of nitrogens with zero attached hydrogens (tertiary/aromatic N) is 2. The maximum atomic E-state index is 11.8. The molecule has 4 rings (SSSR count). The van der Waals surface area contributed by atoms with Crippen LogP contribution in [-0.4, -0.2) is 64.0 Å². The summed E-state index contributed by atoms with van der Waals surface area (Å²) in [4.78, 5) is 30.2. The summed E-state index contributed by atoms with van der Waals surface area (Å²) in [6, 6.07) is 1.77. The maximum Gasteiger partial charge on any atom is 0.339 e. The van der Waals surface area contributed by atoms with E-state index in [0.717, 1.165) is 30.5 Å². The predicted molar refractivity (Wildman–Crippen MR) is 106 cm³/mol. The number of amides is 1. The van der Waals surface area contributed by atoms with Crippen LogP contribution in [0.25, 0.3) is 0 Å². The number of fused-ring (bicyclic) bond motifs is 1. The topological polar surface area (TPSA) is 112 Å². The normalized spacial score (nSPS) is 28.2. The molecule has 0 unspecified atom stereocenters. The predicted octanol–water partition coefficient (Wildman–Crippen LogP) is 1.28. The van der Waals surface area contributed by atoms with Gasteiger partial charge in [0, 0.05) is 32.3 Å². The minimum Gasteiger partial charge on any atom is -0.478 e. The lowest BCUT2D eigenvalue weighted by molar-refractivity contribution is -0.198. The van der Waals surface area contributed by atoms with E-state index in [1.807, 2.05) is 11.8 Å². The summed E-state index contributed by atoms with van der Waals surface area (Å²) in [5.41, 5.74) is 0.806. The first-order valence-electron chi connectivity index (χ1n) is 10.4. The number of aliphatic hydroxyl groups excluding tert-OH is 1. The highest BCUT2D eigenvalue weighted by molar-refractivity contribution is 5.93. The Labute approximate surface area is 170 Å². The molecule has 3 aliphatic rings. The standard InChI is InChI=1S/C21H29N3O5/c1-13(25)23-20(2)8-11-29-21(19(20)28)6-9-24(10-7-21)17-15(18(26)27)12-14-4-3-5-16(14)22-17/h12,19,28H,3-11H2,1-2H3,(H,23,25)(H,26,27)/t19-,20+/m1/s1. The highest BCUT2D eigenvalue weighted by Gasteiger charge is 2.53. The quantitative estimate of drug-likeness (QED) is 0.697. The van der Waals surface area contributed by atoms with Crippen LogP contribution in [0.3, 0.4) is 0 Å². The van der Waals surface area contributed by atoms with Crippen LogP contribution >= 0.6 is 0 Å². The Kier molecular flexibility index (Phi) is 5.02. The number of aromatic nitrogens is 1. The number of aryl methyl sites for hydroxylation is 2. The van der Waals surface area contributed by atoms with Gasteiger partial charge in [0.15, 0.2) is 0 Å². The Bertz CT molecular complexity index is 834. The van der Waals surface area contributed by atoms with E-state index < -0.39 is 23.2 Å². The number of ether oxygens (including phenoxy) is 1. The zero-order chi connectivity index (χ0) is 20.8. The van der Waals surface area contributed by atoms with Gasteiger partial charge in [-0.15, -0.1) is 0 Å². The number of carbonyl (C=O) groups is 2. The van der Waals surface area contributed by atoms with Gasteiger partial charge in [0.05, 0.1) is 11.1 Å². The zero-order valence-electron chi connectivity index (χ0n) is 17.0. The average molecular weight is 403 g/mol. The first-order valence-corrected chi connectivity index (χ1v) is 10.4. The molecule has 0 aromatic carbocycles. The van der Waals surface area contributed by atoms with Crippen molar-refractivity contribution in [2.24, 2.45) is 0 Å². The highest BCUT2D eigenvalue weighted by atomic mass is 16.5. The smallest absolute Gasteiger partial charge is 0.339 e. The van der Waals surface area contributed by atoms with E-state index >= 15 is 0 Å². The largest absolute Gasteiger partial charge is 0.478 e. The molecule has 3 heterocycles. The second-order valence-electron chi connectivity index (χ2n) is 8.78. The van der Waals surface area contributed by atoms with Crippen molar-refractivity contribution in [2.75, 3.05) is 24.6 Å². The van der Waals surface area contributed by atoms with Gasteiger partial charge in [-0.05, 0) is 57.1 Å². The number of hydrogen-bond donors (Lipinski definition) is 3. The first kappa shape index (κ1) is 20.1. The van der Waals surface area contributed by atoms with Crippen molar-refractivity contribution in [3.05, 3.63) is 22.9 Å². The number of aromatic carboxylic acids is 1. The van der Waals surface area contributed by atoms with E-state index in [1.165, 1.54) is 6.92 Å². The van der Waals surface area contributed by atoms with Crippen LogP contribution in [0, 0.1) is 0 Å². The number of nitrogens with one attached hydrogen (secondary N) is 1. The summed E-state index contributed by atoms with van der Waals surface area (Å²) < 4.78 is 6.07. The summed E-state index contributed by atoms with van der Waals surface area (Å²) in [5, 5.41) is 23.7. The third-order valence-electron chi connectivity index (χ3n) is 6.74. The molecule has 8 nitrogen and oxygen atoms in total. The molecule has 1 spiro atoms. The molecule has 158 valence electrons. The van der Waals surface area contributed by atoms with E-state index in [-0.39, 0.29) is 11.5 Å². The van der Waals surface area contributed by atoms with E-state index in [2.05, 4.69) is 5.32 Å². The van der Waals surface area contributed by atoms with Gasteiger partial charge in [0.1, 0.15) is 17.5 Å². The summed E-state index contributed by atoms with van der Waals surface area (Å²) in [5.74, 6) is -0.618. The van der Waals surface area contributed by atoms with E-state index in [0.29, 0.717) is 44.8 Å². The fourth-order valence-electron chi connectivity index (χ4n) is 5.17. The number of pyridine rings is 1. The highest BCUT2D eigenvalue weighted by Crippen LogP contribution is 2.41. The van der Waals surface area contributed by atoms with Crippen LogP contribution in [0.15, 0.2) is 6.07 Å². The van der Waals surface area contributed by atoms with Gasteiger partial charge in [-0.1, -0.05) is 0 Å². The Morgan fingerprint density at radius 3 is 2.66 bits per heavy atom. The fraction of sp³-hybridized carbons (Fsp3) is 0.667. The first-order chi connectivity index (χ1) is 13.7. The van der Waals surface area contributed by atoms with Crippen molar-refractivity contribution < 1.29 is 24.5 Å². The SMILES string of the molecule is CC(=O)N[C@@]1(C)CCOC2(CCN(c3nc4c(cc3C(=O)O)CCC4)CC2)[C@@H]1O. The molecule has 2 fully saturated rings. The lowest BCUT2D eigenvalue weighted by atomic mass is 9.73. The number of carbonyl (C=O) groups excluding carboxylic acids is 1. The molecule has 0 bridgehead atoms. The van der Waals surface area contributed by atoms with E-state index in [4.69, 9.17) is 9.72 Å². The van der Waals surface area contributed by atoms with Crippen LogP contribution in [0.2, 0.25) is 0 Å². The summed E-state index contributed by atoms with van der Waals surface area (Å²) in [7, 11) is 0. The minimum atomic E-state index is -0.963. The molecule has 0 saturated carbocycles. The van der Waals surface area contributed by atoms with E-state index in [1.54, 1.807) is 6.07 Å². The second kappa shape index (κ2) is 7.25. The number of aliphatic hydroxyl groups is 1. The van der Waals surface area contributed by atoms with Crippen LogP contribution in [0.4, 0.5) is 5.82 Å². The molecular formula is C21H29N3O5. The average Bonchev–Trinajstić information content (AvgIpc) is 3.13. The molecule has 2 saturated heterocycles. The van der Waals surface area contributed by atoms with Crippen molar-refractivity contribution in [1.29, 1.82) is 0 Å². The van der Waals surface area contributed by atoms with Crippen LogP contribution < -0.4 is 10.2 Å². The van der Waals surface area contributed by atoms with Crippen molar-refractivity contribution in [3.8, 4) is 0 Å². The molecule has 1 amide bonds. The Morgan fingerprint density at radius 1 is 1.28 bits per heavy atom. The van der Waals surface area contributed by atoms with Gasteiger partial charge >= 0.3 is 5.97 Å². The summed E-state index contributed by atoms with van der Waals surface area (Å²) >= 11 is 0.